The van der Waals surface area contributed by atoms with E-state index in [2.05, 4.69) is 31.8 Å². The third-order valence-electron chi connectivity index (χ3n) is 4.05. The molecule has 10 nitrogen and oxygen atoms in total. The topological polar surface area (TPSA) is 142 Å². The average molecular weight is 438 g/mol. The van der Waals surface area contributed by atoms with E-state index in [9.17, 15) is 9.59 Å². The van der Waals surface area contributed by atoms with E-state index in [1.54, 1.807) is 32.9 Å². The van der Waals surface area contributed by atoms with Crippen LogP contribution in [0.2, 0.25) is 0 Å². The molecule has 0 saturated heterocycles. The number of nitrogens with two attached hydrogens (primary N) is 1. The Labute approximate surface area is 185 Å². The first-order valence-electron chi connectivity index (χ1n) is 10.9. The van der Waals surface area contributed by atoms with Crippen molar-refractivity contribution in [3.8, 4) is 0 Å². The third-order valence-corrected chi connectivity index (χ3v) is 4.05. The molecule has 0 fully saturated rings. The van der Waals surface area contributed by atoms with Crippen LogP contribution in [0.25, 0.3) is 0 Å². The van der Waals surface area contributed by atoms with Gasteiger partial charge in [0.25, 0.3) is 5.91 Å². The van der Waals surface area contributed by atoms with Crippen LogP contribution in [0, 0.1) is 0 Å². The molecule has 0 aliphatic heterocycles. The molecule has 0 aromatic carbocycles. The number of aromatic nitrogens is 1. The third kappa shape index (κ3) is 14.2. The maximum absolute atomic E-state index is 12.2. The van der Waals surface area contributed by atoms with Crippen molar-refractivity contribution in [2.24, 2.45) is 5.73 Å². The number of ether oxygens (including phenoxy) is 1. The Morgan fingerprint density at radius 3 is 2.19 bits per heavy atom. The van der Waals surface area contributed by atoms with Crippen molar-refractivity contribution < 1.29 is 14.3 Å². The molecule has 176 valence electrons. The molecule has 7 N–H and O–H groups in total. The van der Waals surface area contributed by atoms with Gasteiger partial charge in [0.1, 0.15) is 11.4 Å². The lowest BCUT2D eigenvalue weighted by atomic mass is 10.2. The number of nitrogens with one attached hydrogen (secondary N) is 5. The molecule has 1 rings (SSSR count). The normalized spacial score (nSPS) is 11.1. The van der Waals surface area contributed by atoms with E-state index in [0.29, 0.717) is 17.9 Å². The van der Waals surface area contributed by atoms with Gasteiger partial charge in [-0.05, 0) is 91.3 Å². The summed E-state index contributed by atoms with van der Waals surface area (Å²) in [6, 6.07) is 3.25. The van der Waals surface area contributed by atoms with Crippen molar-refractivity contribution in [1.29, 1.82) is 0 Å². The zero-order chi connectivity index (χ0) is 23.0. The molecule has 0 unspecified atom stereocenters. The van der Waals surface area contributed by atoms with E-state index in [0.717, 1.165) is 58.4 Å². The number of anilines is 1. The molecule has 0 atom stereocenters. The Morgan fingerprint density at radius 1 is 0.968 bits per heavy atom. The molecule has 0 aliphatic carbocycles. The van der Waals surface area contributed by atoms with E-state index >= 15 is 0 Å². The zero-order valence-electron chi connectivity index (χ0n) is 19.1. The fraction of sp³-hybridized carbons (Fsp3) is 0.667. The van der Waals surface area contributed by atoms with Crippen LogP contribution in [-0.4, -0.2) is 61.9 Å². The van der Waals surface area contributed by atoms with Crippen LogP contribution in [0.15, 0.2) is 18.3 Å². The van der Waals surface area contributed by atoms with Gasteiger partial charge >= 0.3 is 6.09 Å². The lowest BCUT2D eigenvalue weighted by molar-refractivity contribution is 0.0540. The number of hydrazine groups is 1. The molecular formula is C21H39N7O3. The number of hydrogen-bond donors (Lipinski definition) is 6. The van der Waals surface area contributed by atoms with Crippen molar-refractivity contribution >= 4 is 17.8 Å². The van der Waals surface area contributed by atoms with Gasteiger partial charge in [0.05, 0.1) is 5.56 Å². The molecule has 2 amide bonds. The van der Waals surface area contributed by atoms with Crippen LogP contribution in [0.5, 0.6) is 0 Å². The molecule has 0 saturated carbocycles. The lowest BCUT2D eigenvalue weighted by Gasteiger charge is -2.19. The fourth-order valence-corrected chi connectivity index (χ4v) is 2.52. The largest absolute Gasteiger partial charge is 0.443 e. The van der Waals surface area contributed by atoms with Crippen LogP contribution in [-0.2, 0) is 4.74 Å². The minimum atomic E-state index is -0.607. The number of nitrogens with zero attached hydrogens (tertiary/aromatic N) is 1. The van der Waals surface area contributed by atoms with Gasteiger partial charge in [0.2, 0.25) is 0 Å². The molecule has 0 spiro atoms. The number of amides is 2. The van der Waals surface area contributed by atoms with Crippen molar-refractivity contribution in [2.75, 3.05) is 44.7 Å². The van der Waals surface area contributed by atoms with Crippen LogP contribution in [0.4, 0.5) is 10.6 Å². The first kappa shape index (κ1) is 26.6. The Kier molecular flexibility index (Phi) is 13.2. The highest BCUT2D eigenvalue weighted by Gasteiger charge is 2.15. The van der Waals surface area contributed by atoms with Crippen LogP contribution in [0.3, 0.4) is 0 Å². The molecule has 1 aromatic rings. The van der Waals surface area contributed by atoms with Crippen molar-refractivity contribution in [3.63, 3.8) is 0 Å². The predicted molar refractivity (Wildman–Crippen MR) is 123 cm³/mol. The number of unbranched alkanes of at least 4 members (excludes halogenated alkanes) is 1. The maximum atomic E-state index is 12.2. The van der Waals surface area contributed by atoms with Crippen molar-refractivity contribution in [3.05, 3.63) is 23.9 Å². The summed E-state index contributed by atoms with van der Waals surface area (Å²) in [5, 5.41) is 9.62. The first-order chi connectivity index (χ1) is 14.8. The number of carbonyl (C=O) groups excluding carboxylic acids is 2. The number of carbonyl (C=O) groups is 2. The van der Waals surface area contributed by atoms with Gasteiger partial charge in [0.15, 0.2) is 0 Å². The van der Waals surface area contributed by atoms with E-state index in [-0.39, 0.29) is 5.91 Å². The van der Waals surface area contributed by atoms with Gasteiger partial charge < -0.3 is 26.4 Å². The van der Waals surface area contributed by atoms with Gasteiger partial charge in [0, 0.05) is 12.7 Å². The molecule has 1 aromatic heterocycles. The summed E-state index contributed by atoms with van der Waals surface area (Å²) in [5.41, 5.74) is 10.4. The number of hydrogen-bond acceptors (Lipinski definition) is 8. The Hall–Kier alpha value is -2.43. The molecule has 31 heavy (non-hydrogen) atoms. The van der Waals surface area contributed by atoms with Crippen LogP contribution < -0.4 is 32.5 Å². The molecule has 0 aliphatic rings. The Balaban J connectivity index is 2.10. The van der Waals surface area contributed by atoms with Crippen molar-refractivity contribution in [2.45, 2.75) is 52.1 Å². The Morgan fingerprint density at radius 2 is 1.61 bits per heavy atom. The smallest absolute Gasteiger partial charge is 0.426 e. The molecule has 0 bridgehead atoms. The minimum Gasteiger partial charge on any atom is -0.443 e. The van der Waals surface area contributed by atoms with Crippen molar-refractivity contribution in [1.82, 2.24) is 26.4 Å². The minimum absolute atomic E-state index is 0.178. The van der Waals surface area contributed by atoms with Gasteiger partial charge in [-0.15, -0.1) is 0 Å². The average Bonchev–Trinajstić information content (AvgIpc) is 2.72. The highest BCUT2D eigenvalue weighted by atomic mass is 16.6. The maximum Gasteiger partial charge on any atom is 0.426 e. The molecule has 1 heterocycles. The second-order valence-electron chi connectivity index (χ2n) is 8.14. The van der Waals surface area contributed by atoms with Crippen LogP contribution in [0.1, 0.15) is 56.8 Å². The molecular weight excluding hydrogens is 398 g/mol. The van der Waals surface area contributed by atoms with E-state index in [4.69, 9.17) is 10.5 Å². The van der Waals surface area contributed by atoms with E-state index in [1.807, 2.05) is 0 Å². The summed E-state index contributed by atoms with van der Waals surface area (Å²) in [7, 11) is 0. The van der Waals surface area contributed by atoms with E-state index < -0.39 is 11.7 Å². The zero-order valence-corrected chi connectivity index (χ0v) is 19.1. The quantitative estimate of drug-likeness (QED) is 0.178. The summed E-state index contributed by atoms with van der Waals surface area (Å²) in [5.74, 6) is 0.226. The van der Waals surface area contributed by atoms with Gasteiger partial charge in [-0.25, -0.2) is 15.2 Å². The van der Waals surface area contributed by atoms with E-state index in [1.165, 1.54) is 6.20 Å². The molecule has 10 heteroatoms. The fourth-order valence-electron chi connectivity index (χ4n) is 2.52. The van der Waals surface area contributed by atoms with Gasteiger partial charge in [-0.2, -0.15) is 0 Å². The standard InChI is InChI=1S/C21H39N7O3/c1-21(2,3)31-20(30)28-27-18-9-8-17(16-26-18)19(29)25-15-7-14-24-12-5-4-11-23-13-6-10-22/h8-9,16,23-24H,4-7,10-15,22H2,1-3H3,(H,25,29)(H,26,27)(H,28,30). The lowest BCUT2D eigenvalue weighted by Crippen LogP contribution is -2.36. The van der Waals surface area contributed by atoms with Crippen LogP contribution >= 0.6 is 0 Å². The second-order valence-corrected chi connectivity index (χ2v) is 8.14. The summed E-state index contributed by atoms with van der Waals surface area (Å²) >= 11 is 0. The number of pyridine rings is 1. The van der Waals surface area contributed by atoms with Gasteiger partial charge in [-0.1, -0.05) is 0 Å². The first-order valence-corrected chi connectivity index (χ1v) is 10.9. The highest BCUT2D eigenvalue weighted by Crippen LogP contribution is 2.07. The predicted octanol–water partition coefficient (Wildman–Crippen LogP) is 1.36. The summed E-state index contributed by atoms with van der Waals surface area (Å²) in [6.45, 7) is 10.5. The summed E-state index contributed by atoms with van der Waals surface area (Å²) < 4.78 is 5.11. The monoisotopic (exact) mass is 437 g/mol. The SMILES string of the molecule is CC(C)(C)OC(=O)NNc1ccc(C(=O)NCCCNCCCCNCCCN)cn1. The van der Waals surface area contributed by atoms with Gasteiger partial charge in [-0.3, -0.25) is 10.2 Å². The number of rotatable bonds is 15. The summed E-state index contributed by atoms with van der Waals surface area (Å²) in [4.78, 5) is 27.9. The summed E-state index contributed by atoms with van der Waals surface area (Å²) in [6.07, 6.45) is 4.98. The second kappa shape index (κ2) is 15.4. The molecule has 0 radical (unpaired) electrons. The highest BCUT2D eigenvalue weighted by molar-refractivity contribution is 5.94. The Bertz CT molecular complexity index is 633.